The van der Waals surface area contributed by atoms with Gasteiger partial charge < -0.3 is 9.47 Å². The third-order valence-corrected chi connectivity index (χ3v) is 4.85. The van der Waals surface area contributed by atoms with Crippen LogP contribution in [0.15, 0.2) is 12.1 Å². The van der Waals surface area contributed by atoms with Gasteiger partial charge in [0.2, 0.25) is 0 Å². The van der Waals surface area contributed by atoms with Crippen LogP contribution in [0.25, 0.3) is 0 Å². The SMILES string of the molecule is Cc1cc(C)n(C2CCN(C(=O)c3cc(C)n(C)c3C)C2)n1. The first kappa shape index (κ1) is 14.9. The Hall–Kier alpha value is -2.04. The first-order valence-corrected chi connectivity index (χ1v) is 7.83. The van der Waals surface area contributed by atoms with Crippen LogP contribution in [0.2, 0.25) is 0 Å². The van der Waals surface area contributed by atoms with Crippen LogP contribution in [0, 0.1) is 27.7 Å². The zero-order chi connectivity index (χ0) is 16.0. The molecule has 1 atom stereocenters. The fourth-order valence-electron chi connectivity index (χ4n) is 3.38. The van der Waals surface area contributed by atoms with Crippen molar-refractivity contribution in [2.24, 2.45) is 7.05 Å². The second-order valence-electron chi connectivity index (χ2n) is 6.41. The van der Waals surface area contributed by atoms with E-state index in [1.807, 2.05) is 38.8 Å². The topological polar surface area (TPSA) is 43.1 Å². The summed E-state index contributed by atoms with van der Waals surface area (Å²) in [7, 11) is 2.00. The quantitative estimate of drug-likeness (QED) is 0.855. The number of aryl methyl sites for hydroxylation is 3. The zero-order valence-corrected chi connectivity index (χ0v) is 14.1. The molecule has 3 heterocycles. The van der Waals surface area contributed by atoms with Crippen LogP contribution in [0.1, 0.15) is 45.6 Å². The smallest absolute Gasteiger partial charge is 0.255 e. The van der Waals surface area contributed by atoms with Crippen molar-refractivity contribution in [2.75, 3.05) is 13.1 Å². The van der Waals surface area contributed by atoms with Crippen LogP contribution in [-0.4, -0.2) is 38.2 Å². The monoisotopic (exact) mass is 300 g/mol. The minimum atomic E-state index is 0.144. The standard InChI is InChI=1S/C17H24N4O/c1-11-8-13(3)21(18-11)15-6-7-20(10-15)17(22)16-9-12(2)19(5)14(16)4/h8-9,15H,6-7,10H2,1-5H3. The Kier molecular flexibility index (Phi) is 3.59. The molecule has 1 aliphatic rings. The van der Waals surface area contributed by atoms with Crippen molar-refractivity contribution in [3.63, 3.8) is 0 Å². The molecule has 1 saturated heterocycles. The molecule has 0 bridgehead atoms. The van der Waals surface area contributed by atoms with Gasteiger partial charge in [-0.3, -0.25) is 9.48 Å². The molecule has 1 aliphatic heterocycles. The summed E-state index contributed by atoms with van der Waals surface area (Å²) in [4.78, 5) is 14.7. The van der Waals surface area contributed by atoms with Gasteiger partial charge in [-0.2, -0.15) is 5.10 Å². The van der Waals surface area contributed by atoms with Crippen molar-refractivity contribution in [3.8, 4) is 0 Å². The van der Waals surface area contributed by atoms with E-state index in [0.717, 1.165) is 42.2 Å². The molecule has 3 rings (SSSR count). The predicted molar refractivity (Wildman–Crippen MR) is 86.1 cm³/mol. The molecular formula is C17H24N4O. The van der Waals surface area contributed by atoms with Crippen molar-refractivity contribution in [1.82, 2.24) is 19.2 Å². The third-order valence-electron chi connectivity index (χ3n) is 4.85. The van der Waals surface area contributed by atoms with E-state index >= 15 is 0 Å². The molecule has 0 aliphatic carbocycles. The minimum Gasteiger partial charge on any atom is -0.351 e. The van der Waals surface area contributed by atoms with Gasteiger partial charge in [-0.15, -0.1) is 0 Å². The lowest BCUT2D eigenvalue weighted by atomic mass is 10.2. The van der Waals surface area contributed by atoms with Gasteiger partial charge in [0, 0.05) is 37.2 Å². The molecule has 1 amide bonds. The Morgan fingerprint density at radius 3 is 2.45 bits per heavy atom. The molecule has 0 aromatic carbocycles. The molecule has 1 fully saturated rings. The van der Waals surface area contributed by atoms with E-state index in [2.05, 4.69) is 27.3 Å². The van der Waals surface area contributed by atoms with Crippen molar-refractivity contribution in [1.29, 1.82) is 0 Å². The Labute approximate surface area is 131 Å². The fourth-order valence-corrected chi connectivity index (χ4v) is 3.38. The van der Waals surface area contributed by atoms with Crippen LogP contribution in [0.3, 0.4) is 0 Å². The average molecular weight is 300 g/mol. The largest absolute Gasteiger partial charge is 0.351 e. The lowest BCUT2D eigenvalue weighted by Gasteiger charge is -2.17. The molecule has 0 spiro atoms. The third kappa shape index (κ3) is 2.34. The van der Waals surface area contributed by atoms with Gasteiger partial charge in [-0.05, 0) is 46.2 Å². The van der Waals surface area contributed by atoms with Crippen LogP contribution >= 0.6 is 0 Å². The first-order chi connectivity index (χ1) is 10.4. The Bertz CT molecular complexity index is 725. The molecule has 22 heavy (non-hydrogen) atoms. The van der Waals surface area contributed by atoms with Gasteiger partial charge >= 0.3 is 0 Å². The Balaban J connectivity index is 1.79. The highest BCUT2D eigenvalue weighted by Crippen LogP contribution is 2.25. The summed E-state index contributed by atoms with van der Waals surface area (Å²) in [6, 6.07) is 4.38. The highest BCUT2D eigenvalue weighted by Gasteiger charge is 2.30. The molecule has 0 radical (unpaired) electrons. The van der Waals surface area contributed by atoms with E-state index < -0.39 is 0 Å². The van der Waals surface area contributed by atoms with Gasteiger partial charge in [0.25, 0.3) is 5.91 Å². The Morgan fingerprint density at radius 2 is 1.91 bits per heavy atom. The second kappa shape index (κ2) is 5.30. The van der Waals surface area contributed by atoms with Gasteiger partial charge in [-0.1, -0.05) is 0 Å². The minimum absolute atomic E-state index is 0.144. The van der Waals surface area contributed by atoms with E-state index in [1.165, 1.54) is 5.69 Å². The molecule has 5 heteroatoms. The number of carbonyl (C=O) groups is 1. The zero-order valence-electron chi connectivity index (χ0n) is 14.1. The first-order valence-electron chi connectivity index (χ1n) is 7.83. The summed E-state index contributed by atoms with van der Waals surface area (Å²) < 4.78 is 4.15. The van der Waals surface area contributed by atoms with E-state index in [4.69, 9.17) is 0 Å². The number of amides is 1. The number of aromatic nitrogens is 3. The van der Waals surface area contributed by atoms with Crippen molar-refractivity contribution in [3.05, 3.63) is 40.5 Å². The highest BCUT2D eigenvalue weighted by atomic mass is 16.2. The Morgan fingerprint density at radius 1 is 1.18 bits per heavy atom. The lowest BCUT2D eigenvalue weighted by Crippen LogP contribution is -2.29. The lowest BCUT2D eigenvalue weighted by molar-refractivity contribution is 0.0786. The van der Waals surface area contributed by atoms with E-state index in [0.29, 0.717) is 6.04 Å². The van der Waals surface area contributed by atoms with Crippen molar-refractivity contribution >= 4 is 5.91 Å². The van der Waals surface area contributed by atoms with Crippen molar-refractivity contribution < 1.29 is 4.79 Å². The van der Waals surface area contributed by atoms with Gasteiger partial charge in [0.05, 0.1) is 17.3 Å². The molecule has 2 aromatic heterocycles. The summed E-state index contributed by atoms with van der Waals surface area (Å²) in [5.41, 5.74) is 5.20. The summed E-state index contributed by atoms with van der Waals surface area (Å²) in [5.74, 6) is 0.144. The van der Waals surface area contributed by atoms with E-state index in [-0.39, 0.29) is 5.91 Å². The van der Waals surface area contributed by atoms with E-state index in [9.17, 15) is 4.79 Å². The van der Waals surface area contributed by atoms with Gasteiger partial charge in [0.1, 0.15) is 0 Å². The maximum atomic E-state index is 12.8. The number of rotatable bonds is 2. The molecular weight excluding hydrogens is 276 g/mol. The number of carbonyl (C=O) groups excluding carboxylic acids is 1. The molecule has 1 unspecified atom stereocenters. The molecule has 0 N–H and O–H groups in total. The summed E-state index contributed by atoms with van der Waals surface area (Å²) >= 11 is 0. The number of nitrogens with zero attached hydrogens (tertiary/aromatic N) is 4. The van der Waals surface area contributed by atoms with E-state index in [1.54, 1.807) is 0 Å². The molecule has 118 valence electrons. The average Bonchev–Trinajstić information content (AvgIpc) is 3.13. The van der Waals surface area contributed by atoms with Crippen LogP contribution in [0.5, 0.6) is 0 Å². The summed E-state index contributed by atoms with van der Waals surface area (Å²) in [6.45, 7) is 9.68. The molecule has 2 aromatic rings. The highest BCUT2D eigenvalue weighted by molar-refractivity contribution is 5.95. The number of hydrogen-bond donors (Lipinski definition) is 0. The number of hydrogen-bond acceptors (Lipinski definition) is 2. The van der Waals surface area contributed by atoms with Crippen molar-refractivity contribution in [2.45, 2.75) is 40.2 Å². The molecule has 5 nitrogen and oxygen atoms in total. The summed E-state index contributed by atoms with van der Waals surface area (Å²) in [6.07, 6.45) is 0.971. The van der Waals surface area contributed by atoms with Gasteiger partial charge in [0.15, 0.2) is 0 Å². The van der Waals surface area contributed by atoms with Gasteiger partial charge in [-0.25, -0.2) is 0 Å². The fraction of sp³-hybridized carbons (Fsp3) is 0.529. The second-order valence-corrected chi connectivity index (χ2v) is 6.41. The number of likely N-dealkylation sites (tertiary alicyclic amines) is 1. The summed E-state index contributed by atoms with van der Waals surface area (Å²) in [5, 5.41) is 4.57. The molecule has 0 saturated carbocycles. The maximum Gasteiger partial charge on any atom is 0.255 e. The predicted octanol–water partition coefficient (Wildman–Crippen LogP) is 2.54. The van der Waals surface area contributed by atoms with Crippen LogP contribution in [-0.2, 0) is 7.05 Å². The van der Waals surface area contributed by atoms with Crippen LogP contribution in [0.4, 0.5) is 0 Å². The normalized spacial score (nSPS) is 18.2. The maximum absolute atomic E-state index is 12.8. The van der Waals surface area contributed by atoms with Crippen LogP contribution < -0.4 is 0 Å².